The molecule has 4 aromatic rings. The lowest BCUT2D eigenvalue weighted by atomic mass is 9.91. The molecule has 1 aliphatic heterocycles. The van der Waals surface area contributed by atoms with Crippen LogP contribution in [0.1, 0.15) is 28.4 Å². The fourth-order valence-electron chi connectivity index (χ4n) is 4.30. The fourth-order valence-corrected chi connectivity index (χ4v) is 4.62. The number of nitrogens with zero attached hydrogens (tertiary/aromatic N) is 3. The average Bonchev–Trinajstić information content (AvgIpc) is 3.15. The molecule has 0 radical (unpaired) electrons. The van der Waals surface area contributed by atoms with Crippen LogP contribution < -0.4 is 0 Å². The smallest absolute Gasteiger partial charge is 0.187 e. The number of halogens is 2. The Morgan fingerprint density at radius 2 is 1.93 bits per heavy atom. The number of thioether (sulfide) groups is 1. The molecular weight excluding hydrogens is 402 g/mol. The normalized spacial score (nSPS) is 16.7. The maximum Gasteiger partial charge on any atom is 0.187 e. The Morgan fingerprint density at radius 3 is 2.73 bits per heavy atom. The summed E-state index contributed by atoms with van der Waals surface area (Å²) in [7, 11) is 0. The summed E-state index contributed by atoms with van der Waals surface area (Å²) in [6.07, 6.45) is 6.37. The van der Waals surface area contributed by atoms with Crippen molar-refractivity contribution in [1.29, 1.82) is 0 Å². The maximum absolute atomic E-state index is 14.9. The lowest BCUT2D eigenvalue weighted by Gasteiger charge is -2.36. The van der Waals surface area contributed by atoms with Gasteiger partial charge in [0, 0.05) is 53.2 Å². The third kappa shape index (κ3) is 3.38. The van der Waals surface area contributed by atoms with Crippen LogP contribution in [0.5, 0.6) is 0 Å². The van der Waals surface area contributed by atoms with Crippen LogP contribution >= 0.6 is 11.8 Å². The van der Waals surface area contributed by atoms with Crippen molar-refractivity contribution in [2.45, 2.75) is 24.2 Å². The van der Waals surface area contributed by atoms with Gasteiger partial charge in [-0.15, -0.1) is 0 Å². The van der Waals surface area contributed by atoms with Gasteiger partial charge in [0.05, 0.1) is 6.04 Å². The predicted octanol–water partition coefficient (Wildman–Crippen LogP) is 5.11. The van der Waals surface area contributed by atoms with E-state index in [0.717, 1.165) is 41.2 Å². The minimum Gasteiger partial charge on any atom is -0.357 e. The van der Waals surface area contributed by atoms with Crippen molar-refractivity contribution in [3.8, 4) is 0 Å². The highest BCUT2D eigenvalue weighted by Crippen LogP contribution is 2.40. The minimum absolute atomic E-state index is 0.337. The minimum atomic E-state index is -0.442. The molecule has 1 aliphatic rings. The number of H-pyrrole nitrogens is 1. The lowest BCUT2D eigenvalue weighted by Crippen LogP contribution is -2.36. The van der Waals surface area contributed by atoms with Crippen molar-refractivity contribution >= 4 is 22.7 Å². The second-order valence-corrected chi connectivity index (χ2v) is 8.20. The zero-order valence-corrected chi connectivity index (χ0v) is 17.2. The summed E-state index contributed by atoms with van der Waals surface area (Å²) in [6.45, 7) is 1.27. The van der Waals surface area contributed by atoms with E-state index in [4.69, 9.17) is 0 Å². The number of nitrogens with one attached hydrogen (secondary N) is 1. The number of hydrogen-bond donors (Lipinski definition) is 1. The molecule has 4 nitrogen and oxygen atoms in total. The Bertz CT molecular complexity index is 1210. The average molecular weight is 423 g/mol. The molecule has 1 atom stereocenters. The van der Waals surface area contributed by atoms with Crippen LogP contribution in [0.15, 0.2) is 60.0 Å². The summed E-state index contributed by atoms with van der Waals surface area (Å²) in [5, 5.41) is 1.85. The van der Waals surface area contributed by atoms with Gasteiger partial charge in [-0.05, 0) is 42.5 Å². The lowest BCUT2D eigenvalue weighted by molar-refractivity contribution is 0.197. The van der Waals surface area contributed by atoms with E-state index in [9.17, 15) is 8.78 Å². The van der Waals surface area contributed by atoms with Crippen molar-refractivity contribution in [3.63, 3.8) is 0 Å². The van der Waals surface area contributed by atoms with Gasteiger partial charge in [0.15, 0.2) is 5.16 Å². The van der Waals surface area contributed by atoms with E-state index in [-0.39, 0.29) is 0 Å². The summed E-state index contributed by atoms with van der Waals surface area (Å²) in [6, 6.07) is 11.3. The van der Waals surface area contributed by atoms with Crippen LogP contribution in [0.3, 0.4) is 0 Å². The molecule has 0 fully saturated rings. The third-order valence-electron chi connectivity index (χ3n) is 5.64. The Kier molecular flexibility index (Phi) is 5.00. The first-order valence-electron chi connectivity index (χ1n) is 9.77. The van der Waals surface area contributed by atoms with E-state index in [1.165, 1.54) is 29.5 Å². The molecule has 7 heteroatoms. The van der Waals surface area contributed by atoms with E-state index in [1.54, 1.807) is 12.4 Å². The van der Waals surface area contributed by atoms with Crippen molar-refractivity contribution in [2.24, 2.45) is 0 Å². The highest BCUT2D eigenvalue weighted by molar-refractivity contribution is 7.98. The third-order valence-corrected chi connectivity index (χ3v) is 6.21. The fraction of sp³-hybridized carbons (Fsp3) is 0.217. The number of aromatic nitrogens is 3. The summed E-state index contributed by atoms with van der Waals surface area (Å²) in [5.74, 6) is -0.853. The van der Waals surface area contributed by atoms with Gasteiger partial charge in [-0.1, -0.05) is 30.0 Å². The maximum atomic E-state index is 14.9. The van der Waals surface area contributed by atoms with E-state index in [0.29, 0.717) is 17.3 Å². The van der Waals surface area contributed by atoms with Crippen LogP contribution in [0.4, 0.5) is 8.78 Å². The summed E-state index contributed by atoms with van der Waals surface area (Å²) >= 11 is 1.49. The molecule has 152 valence electrons. The highest BCUT2D eigenvalue weighted by atomic mass is 32.2. The van der Waals surface area contributed by atoms with Crippen LogP contribution in [-0.2, 0) is 13.0 Å². The van der Waals surface area contributed by atoms with Crippen LogP contribution in [0.25, 0.3) is 10.9 Å². The molecule has 0 spiro atoms. The molecule has 1 unspecified atom stereocenters. The van der Waals surface area contributed by atoms with E-state index in [1.807, 2.05) is 24.5 Å². The van der Waals surface area contributed by atoms with Crippen molar-refractivity contribution in [2.75, 3.05) is 12.8 Å². The molecule has 0 bridgehead atoms. The van der Waals surface area contributed by atoms with Gasteiger partial charge in [-0.3, -0.25) is 4.90 Å². The number of fused-ring (bicyclic) bond motifs is 3. The summed E-state index contributed by atoms with van der Waals surface area (Å²) in [4.78, 5) is 14.3. The van der Waals surface area contributed by atoms with E-state index >= 15 is 0 Å². The van der Waals surface area contributed by atoms with Crippen LogP contribution in [-0.4, -0.2) is 32.7 Å². The monoisotopic (exact) mass is 422 g/mol. The molecule has 0 saturated carbocycles. The highest BCUT2D eigenvalue weighted by Gasteiger charge is 2.33. The molecule has 0 amide bonds. The van der Waals surface area contributed by atoms with Gasteiger partial charge in [0.25, 0.3) is 0 Å². The van der Waals surface area contributed by atoms with Crippen molar-refractivity contribution in [3.05, 3.63) is 88.9 Å². The first kappa shape index (κ1) is 19.2. The summed E-state index contributed by atoms with van der Waals surface area (Å²) < 4.78 is 29.0. The molecule has 0 saturated heterocycles. The Labute approximate surface area is 177 Å². The molecule has 5 rings (SSSR count). The molecule has 3 heterocycles. The predicted molar refractivity (Wildman–Crippen MR) is 114 cm³/mol. The number of aromatic amines is 1. The molecule has 0 aliphatic carbocycles. The van der Waals surface area contributed by atoms with Crippen molar-refractivity contribution < 1.29 is 8.78 Å². The van der Waals surface area contributed by atoms with Gasteiger partial charge in [-0.25, -0.2) is 18.7 Å². The number of para-hydroxylation sites is 1. The van der Waals surface area contributed by atoms with E-state index < -0.39 is 17.7 Å². The van der Waals surface area contributed by atoms with E-state index in [2.05, 4.69) is 25.9 Å². The Hall–Kier alpha value is -2.77. The second kappa shape index (κ2) is 7.81. The Morgan fingerprint density at radius 1 is 1.13 bits per heavy atom. The van der Waals surface area contributed by atoms with Gasteiger partial charge < -0.3 is 4.98 Å². The second-order valence-electron chi connectivity index (χ2n) is 7.43. The van der Waals surface area contributed by atoms with Gasteiger partial charge >= 0.3 is 0 Å². The van der Waals surface area contributed by atoms with Gasteiger partial charge in [0.2, 0.25) is 0 Å². The molecule has 2 aromatic carbocycles. The van der Waals surface area contributed by atoms with Crippen molar-refractivity contribution in [1.82, 2.24) is 19.9 Å². The zero-order valence-electron chi connectivity index (χ0n) is 16.4. The van der Waals surface area contributed by atoms with Crippen LogP contribution in [0.2, 0.25) is 0 Å². The quantitative estimate of drug-likeness (QED) is 0.367. The number of benzene rings is 2. The number of rotatable bonds is 4. The first-order valence-corrected chi connectivity index (χ1v) is 11.0. The standard InChI is InChI=1S/C23H20F2N4S/c1-30-23-26-11-14(12-27-23)13-29-9-8-17-16-4-2-3-5-20(16)28-21(17)22(29)18-10-15(24)6-7-19(18)25/h2-7,10-12,22,28H,8-9,13H2,1H3. The molecule has 1 N–H and O–H groups in total. The Balaban J connectivity index is 1.61. The SMILES string of the molecule is CSc1ncc(CN2CCc3c([nH]c4ccccc34)C2c2cc(F)ccc2F)cn1. The summed E-state index contributed by atoms with van der Waals surface area (Å²) in [5.41, 5.74) is 4.38. The van der Waals surface area contributed by atoms with Gasteiger partial charge in [0.1, 0.15) is 11.6 Å². The molecule has 30 heavy (non-hydrogen) atoms. The molecular formula is C23H20F2N4S. The van der Waals surface area contributed by atoms with Gasteiger partial charge in [-0.2, -0.15) is 0 Å². The number of hydrogen-bond acceptors (Lipinski definition) is 4. The first-order chi connectivity index (χ1) is 14.6. The zero-order chi connectivity index (χ0) is 20.7. The largest absolute Gasteiger partial charge is 0.357 e. The molecule has 2 aromatic heterocycles. The van der Waals surface area contributed by atoms with Crippen LogP contribution in [0, 0.1) is 11.6 Å². The topological polar surface area (TPSA) is 44.8 Å².